The molecule has 0 saturated heterocycles. The minimum absolute atomic E-state index is 0.0638. The lowest BCUT2D eigenvalue weighted by Gasteiger charge is -2.18. The molecule has 0 atom stereocenters. The van der Waals surface area contributed by atoms with E-state index in [1.165, 1.54) is 28.8 Å². The van der Waals surface area contributed by atoms with Gasteiger partial charge in [-0.1, -0.05) is 54.1 Å². The molecule has 8 heteroatoms. The Hall–Kier alpha value is -3.42. The van der Waals surface area contributed by atoms with Crippen molar-refractivity contribution in [3.05, 3.63) is 99.4 Å². The van der Waals surface area contributed by atoms with Crippen LogP contribution >= 0.6 is 11.6 Å². The number of benzene rings is 3. The third-order valence-electron chi connectivity index (χ3n) is 5.19. The number of aromatic nitrogens is 1. The van der Waals surface area contributed by atoms with Crippen LogP contribution in [0.3, 0.4) is 0 Å². The van der Waals surface area contributed by atoms with E-state index in [2.05, 4.69) is 0 Å². The van der Waals surface area contributed by atoms with Crippen molar-refractivity contribution < 1.29 is 18.3 Å². The highest BCUT2D eigenvalue weighted by atomic mass is 35.5. The zero-order valence-electron chi connectivity index (χ0n) is 16.9. The van der Waals surface area contributed by atoms with E-state index in [1.54, 1.807) is 18.2 Å². The largest absolute Gasteiger partial charge is 0.477 e. The number of carboxylic acid groups (broad SMARTS) is 1. The molecule has 0 bridgehead atoms. The molecule has 3 aromatic carbocycles. The van der Waals surface area contributed by atoms with E-state index in [-0.39, 0.29) is 17.1 Å². The molecule has 0 aliphatic heterocycles. The first-order valence-electron chi connectivity index (χ1n) is 9.60. The second kappa shape index (κ2) is 8.26. The third kappa shape index (κ3) is 4.04. The number of hydrogen-bond donors (Lipinski definition) is 1. The highest BCUT2D eigenvalue weighted by molar-refractivity contribution is 7.90. The summed E-state index contributed by atoms with van der Waals surface area (Å²) in [5, 5.41) is 11.2. The number of pyridine rings is 1. The highest BCUT2D eigenvalue weighted by Crippen LogP contribution is 2.33. The van der Waals surface area contributed by atoms with Gasteiger partial charge in [0.15, 0.2) is 9.84 Å². The fraction of sp³-hybridized carbons (Fsp3) is 0.0833. The third-order valence-corrected chi connectivity index (χ3v) is 6.55. The summed E-state index contributed by atoms with van der Waals surface area (Å²) in [5.74, 6) is -1.28. The summed E-state index contributed by atoms with van der Waals surface area (Å²) in [6.45, 7) is 0.0638. The highest BCUT2D eigenvalue weighted by Gasteiger charge is 2.23. The van der Waals surface area contributed by atoms with Crippen molar-refractivity contribution in [3.63, 3.8) is 0 Å². The van der Waals surface area contributed by atoms with Crippen LogP contribution in [0.2, 0.25) is 5.02 Å². The van der Waals surface area contributed by atoms with Crippen molar-refractivity contribution >= 4 is 38.2 Å². The molecule has 0 radical (unpaired) electrons. The maximum absolute atomic E-state index is 13.3. The fourth-order valence-electron chi connectivity index (χ4n) is 3.72. The van der Waals surface area contributed by atoms with Crippen LogP contribution in [0.4, 0.5) is 0 Å². The Bertz CT molecular complexity index is 1510. The quantitative estimate of drug-likeness (QED) is 0.467. The molecule has 0 spiro atoms. The average Bonchev–Trinajstić information content (AvgIpc) is 2.75. The van der Waals surface area contributed by atoms with Gasteiger partial charge in [-0.25, -0.2) is 13.2 Å². The number of carboxylic acids is 1. The Balaban J connectivity index is 2.09. The predicted octanol–water partition coefficient (Wildman–Crippen LogP) is 4.47. The SMILES string of the molecule is CS(=O)(=O)c1ccc(-c2c(C(=O)O)n(Cc3ccccc3)c(=O)c3ccc(Cl)cc23)cc1. The number of carbonyl (C=O) groups is 1. The van der Waals surface area contributed by atoms with Crippen molar-refractivity contribution in [1.29, 1.82) is 0 Å². The van der Waals surface area contributed by atoms with Crippen molar-refractivity contribution in [2.75, 3.05) is 6.26 Å². The second-order valence-electron chi connectivity index (χ2n) is 7.39. The van der Waals surface area contributed by atoms with Crippen LogP contribution in [0.25, 0.3) is 21.9 Å². The first-order valence-corrected chi connectivity index (χ1v) is 11.9. The molecule has 4 aromatic rings. The Morgan fingerprint density at radius 2 is 1.62 bits per heavy atom. The predicted molar refractivity (Wildman–Crippen MR) is 124 cm³/mol. The number of nitrogens with zero attached hydrogens (tertiary/aromatic N) is 1. The van der Waals surface area contributed by atoms with E-state index < -0.39 is 21.4 Å². The molecular formula is C24H18ClNO5S. The number of fused-ring (bicyclic) bond motifs is 1. The first-order chi connectivity index (χ1) is 15.2. The summed E-state index contributed by atoms with van der Waals surface area (Å²) < 4.78 is 24.9. The molecule has 32 heavy (non-hydrogen) atoms. The maximum Gasteiger partial charge on any atom is 0.353 e. The standard InChI is InChI=1S/C24H18ClNO5S/c1-32(30,31)18-10-7-16(8-11-18)21-20-13-17(25)9-12-19(20)23(27)26(22(21)24(28)29)14-15-5-3-2-4-6-15/h2-13H,14H2,1H3,(H,28,29). The fourth-order valence-corrected chi connectivity index (χ4v) is 4.52. The van der Waals surface area contributed by atoms with Crippen LogP contribution in [0, 0.1) is 0 Å². The van der Waals surface area contributed by atoms with Crippen LogP contribution < -0.4 is 5.56 Å². The molecule has 0 unspecified atom stereocenters. The van der Waals surface area contributed by atoms with Crippen LogP contribution in [0.5, 0.6) is 0 Å². The number of hydrogen-bond acceptors (Lipinski definition) is 4. The molecule has 6 nitrogen and oxygen atoms in total. The van der Waals surface area contributed by atoms with Gasteiger partial charge in [0.25, 0.3) is 5.56 Å². The van der Waals surface area contributed by atoms with E-state index in [0.29, 0.717) is 26.9 Å². The zero-order valence-corrected chi connectivity index (χ0v) is 18.5. The van der Waals surface area contributed by atoms with Crippen molar-refractivity contribution in [3.8, 4) is 11.1 Å². The average molecular weight is 468 g/mol. The number of aromatic carboxylic acids is 1. The van der Waals surface area contributed by atoms with Gasteiger partial charge in [-0.2, -0.15) is 0 Å². The van der Waals surface area contributed by atoms with Crippen LogP contribution in [-0.2, 0) is 16.4 Å². The minimum atomic E-state index is -3.43. The summed E-state index contributed by atoms with van der Waals surface area (Å²) in [7, 11) is -3.43. The Morgan fingerprint density at radius 1 is 0.969 bits per heavy atom. The lowest BCUT2D eigenvalue weighted by Crippen LogP contribution is -2.28. The molecule has 4 rings (SSSR count). The van der Waals surface area contributed by atoms with Crippen molar-refractivity contribution in [1.82, 2.24) is 4.57 Å². The first kappa shape index (κ1) is 21.8. The number of halogens is 1. The molecule has 1 heterocycles. The lowest BCUT2D eigenvalue weighted by atomic mass is 9.96. The topological polar surface area (TPSA) is 93.4 Å². The summed E-state index contributed by atoms with van der Waals surface area (Å²) in [5.41, 5.74) is 0.883. The molecule has 1 aromatic heterocycles. The Kier molecular flexibility index (Phi) is 5.62. The summed E-state index contributed by atoms with van der Waals surface area (Å²) >= 11 is 6.18. The molecule has 0 aliphatic rings. The molecule has 0 aliphatic carbocycles. The minimum Gasteiger partial charge on any atom is -0.477 e. The number of sulfone groups is 1. The summed E-state index contributed by atoms with van der Waals surface area (Å²) in [6, 6.07) is 19.7. The molecule has 1 N–H and O–H groups in total. The van der Waals surface area contributed by atoms with Gasteiger partial charge in [0.1, 0.15) is 5.69 Å². The van der Waals surface area contributed by atoms with E-state index in [1.807, 2.05) is 30.3 Å². The second-order valence-corrected chi connectivity index (χ2v) is 9.84. The van der Waals surface area contributed by atoms with Gasteiger partial charge in [0.2, 0.25) is 0 Å². The van der Waals surface area contributed by atoms with E-state index >= 15 is 0 Å². The van der Waals surface area contributed by atoms with Gasteiger partial charge in [-0.3, -0.25) is 9.36 Å². The van der Waals surface area contributed by atoms with Gasteiger partial charge in [0.05, 0.1) is 11.4 Å². The van der Waals surface area contributed by atoms with Crippen LogP contribution in [0.15, 0.2) is 82.5 Å². The normalized spacial score (nSPS) is 11.6. The maximum atomic E-state index is 13.3. The Morgan fingerprint density at radius 3 is 2.22 bits per heavy atom. The zero-order chi connectivity index (χ0) is 23.0. The summed E-state index contributed by atoms with van der Waals surface area (Å²) in [6.07, 6.45) is 1.10. The molecular weight excluding hydrogens is 450 g/mol. The van der Waals surface area contributed by atoms with Gasteiger partial charge in [-0.05, 0) is 46.8 Å². The summed E-state index contributed by atoms with van der Waals surface area (Å²) in [4.78, 5) is 25.8. The van der Waals surface area contributed by atoms with Gasteiger partial charge < -0.3 is 5.11 Å². The van der Waals surface area contributed by atoms with Crippen LogP contribution in [-0.4, -0.2) is 30.3 Å². The van der Waals surface area contributed by atoms with Crippen molar-refractivity contribution in [2.45, 2.75) is 11.4 Å². The molecule has 162 valence electrons. The van der Waals surface area contributed by atoms with E-state index in [4.69, 9.17) is 11.6 Å². The van der Waals surface area contributed by atoms with Crippen molar-refractivity contribution in [2.24, 2.45) is 0 Å². The number of rotatable bonds is 5. The smallest absolute Gasteiger partial charge is 0.353 e. The molecule has 0 fully saturated rings. The monoisotopic (exact) mass is 467 g/mol. The van der Waals surface area contributed by atoms with Gasteiger partial charge in [-0.15, -0.1) is 0 Å². The lowest BCUT2D eigenvalue weighted by molar-refractivity contribution is 0.0685. The molecule has 0 amide bonds. The van der Waals surface area contributed by atoms with Crippen LogP contribution in [0.1, 0.15) is 16.1 Å². The Labute approximate surface area is 189 Å². The van der Waals surface area contributed by atoms with Gasteiger partial charge in [0, 0.05) is 22.2 Å². The van der Waals surface area contributed by atoms with Gasteiger partial charge >= 0.3 is 5.97 Å². The van der Waals surface area contributed by atoms with E-state index in [0.717, 1.165) is 11.8 Å². The van der Waals surface area contributed by atoms with E-state index in [9.17, 15) is 23.1 Å². The molecule has 0 saturated carbocycles.